The highest BCUT2D eigenvalue weighted by atomic mass is 16.5. The molecule has 7 heteroatoms. The molecule has 0 spiro atoms. The van der Waals surface area contributed by atoms with Crippen molar-refractivity contribution >= 4 is 17.4 Å². The molecule has 7 nitrogen and oxygen atoms in total. The Morgan fingerprint density at radius 1 is 1.27 bits per heavy atom. The molecule has 2 aliphatic heterocycles. The summed E-state index contributed by atoms with van der Waals surface area (Å²) in [6, 6.07) is 4.48. The molecule has 2 fully saturated rings. The van der Waals surface area contributed by atoms with E-state index in [0.29, 0.717) is 30.0 Å². The third-order valence-corrected chi connectivity index (χ3v) is 5.23. The van der Waals surface area contributed by atoms with E-state index in [4.69, 9.17) is 14.6 Å². The van der Waals surface area contributed by atoms with Gasteiger partial charge in [-0.1, -0.05) is 13.3 Å². The number of carbonyl (C=O) groups is 1. The molecule has 0 saturated carbocycles. The second-order valence-electron chi connectivity index (χ2n) is 7.06. The lowest BCUT2D eigenvalue weighted by molar-refractivity contribution is 0.0519. The number of esters is 1. The molecule has 26 heavy (non-hydrogen) atoms. The van der Waals surface area contributed by atoms with Gasteiger partial charge in [0, 0.05) is 12.1 Å². The molecule has 4 heterocycles. The number of unbranched alkanes of at least 4 members (excludes halogenated alkanes) is 1. The predicted octanol–water partition coefficient (Wildman–Crippen LogP) is 2.62. The van der Waals surface area contributed by atoms with Gasteiger partial charge in [0.15, 0.2) is 11.3 Å². The number of nitrogens with zero attached hydrogens (tertiary/aromatic N) is 4. The van der Waals surface area contributed by atoms with Gasteiger partial charge < -0.3 is 14.4 Å². The summed E-state index contributed by atoms with van der Waals surface area (Å²) >= 11 is 0. The van der Waals surface area contributed by atoms with E-state index in [1.54, 1.807) is 6.92 Å². The van der Waals surface area contributed by atoms with E-state index in [1.165, 1.54) is 0 Å². The zero-order valence-electron chi connectivity index (χ0n) is 15.5. The number of ether oxygens (including phenoxy) is 2. The SMILES string of the molecule is CCCCc1cc2nc(C(=O)OCC)cc(N3C4CCC3COC4)n2n1. The predicted molar refractivity (Wildman–Crippen MR) is 97.7 cm³/mol. The molecule has 2 unspecified atom stereocenters. The van der Waals surface area contributed by atoms with Crippen LogP contribution in [0.4, 0.5) is 5.82 Å². The molecule has 0 radical (unpaired) electrons. The third kappa shape index (κ3) is 3.05. The van der Waals surface area contributed by atoms with E-state index in [2.05, 4.69) is 16.8 Å². The van der Waals surface area contributed by atoms with Crippen LogP contribution in [0.25, 0.3) is 5.65 Å². The number of carbonyl (C=O) groups excluding carboxylic acids is 1. The van der Waals surface area contributed by atoms with Gasteiger partial charge in [0.2, 0.25) is 0 Å². The van der Waals surface area contributed by atoms with Crippen LogP contribution in [-0.4, -0.2) is 52.5 Å². The zero-order chi connectivity index (χ0) is 18.1. The molecule has 4 rings (SSSR count). The van der Waals surface area contributed by atoms with Gasteiger partial charge in [-0.05, 0) is 32.6 Å². The van der Waals surface area contributed by atoms with Crippen molar-refractivity contribution in [1.29, 1.82) is 0 Å². The van der Waals surface area contributed by atoms with Crippen molar-refractivity contribution in [2.45, 2.75) is 58.0 Å². The average molecular weight is 358 g/mol. The number of hydrogen-bond donors (Lipinski definition) is 0. The largest absolute Gasteiger partial charge is 0.461 e. The molecule has 0 N–H and O–H groups in total. The molecule has 0 amide bonds. The van der Waals surface area contributed by atoms with Gasteiger partial charge in [-0.2, -0.15) is 9.61 Å². The standard InChI is InChI=1S/C19H26N4O3/c1-3-5-6-13-9-17-20-16(19(24)26-4-2)10-18(23(17)21-13)22-14-7-8-15(22)12-25-11-14/h9-10,14-15H,3-8,11-12H2,1-2H3. The first kappa shape index (κ1) is 17.3. The number of hydrogen-bond acceptors (Lipinski definition) is 6. The fourth-order valence-electron chi connectivity index (χ4n) is 3.98. The molecule has 0 aliphatic carbocycles. The Bertz CT molecular complexity index is 787. The number of fused-ring (bicyclic) bond motifs is 3. The van der Waals surface area contributed by atoms with Crippen molar-refractivity contribution in [3.05, 3.63) is 23.5 Å². The van der Waals surface area contributed by atoms with Gasteiger partial charge in [-0.3, -0.25) is 0 Å². The number of morpholine rings is 1. The molecule has 140 valence electrons. The molecule has 2 aromatic heterocycles. The van der Waals surface area contributed by atoms with Crippen LogP contribution in [0.2, 0.25) is 0 Å². The number of rotatable bonds is 6. The minimum absolute atomic E-state index is 0.331. The highest BCUT2D eigenvalue weighted by molar-refractivity contribution is 5.89. The lowest BCUT2D eigenvalue weighted by Crippen LogP contribution is -2.47. The van der Waals surface area contributed by atoms with Crippen molar-refractivity contribution < 1.29 is 14.3 Å². The van der Waals surface area contributed by atoms with Crippen LogP contribution in [0.3, 0.4) is 0 Å². The summed E-state index contributed by atoms with van der Waals surface area (Å²) in [5.41, 5.74) is 2.08. The molecule has 2 atom stereocenters. The van der Waals surface area contributed by atoms with Crippen LogP contribution in [0.15, 0.2) is 12.1 Å². The molecule has 2 bridgehead atoms. The summed E-state index contributed by atoms with van der Waals surface area (Å²) in [6.45, 7) is 5.76. The summed E-state index contributed by atoms with van der Waals surface area (Å²) in [6.07, 6.45) is 5.34. The summed E-state index contributed by atoms with van der Waals surface area (Å²) in [7, 11) is 0. The molecular formula is C19H26N4O3. The van der Waals surface area contributed by atoms with Crippen LogP contribution in [-0.2, 0) is 15.9 Å². The van der Waals surface area contributed by atoms with Crippen LogP contribution >= 0.6 is 0 Å². The van der Waals surface area contributed by atoms with Crippen molar-refractivity contribution in [1.82, 2.24) is 14.6 Å². The Morgan fingerprint density at radius 2 is 2.04 bits per heavy atom. The van der Waals surface area contributed by atoms with E-state index in [-0.39, 0.29) is 5.97 Å². The summed E-state index contributed by atoms with van der Waals surface area (Å²) < 4.78 is 12.8. The highest BCUT2D eigenvalue weighted by Gasteiger charge is 2.39. The number of aromatic nitrogens is 3. The monoisotopic (exact) mass is 358 g/mol. The topological polar surface area (TPSA) is 69.0 Å². The van der Waals surface area contributed by atoms with Crippen LogP contribution < -0.4 is 4.90 Å². The first-order valence-electron chi connectivity index (χ1n) is 9.64. The summed E-state index contributed by atoms with van der Waals surface area (Å²) in [5, 5.41) is 4.79. The first-order valence-corrected chi connectivity index (χ1v) is 9.64. The van der Waals surface area contributed by atoms with Gasteiger partial charge in [-0.15, -0.1) is 0 Å². The quantitative estimate of drug-likeness (QED) is 0.740. The van der Waals surface area contributed by atoms with E-state index in [9.17, 15) is 4.79 Å². The maximum Gasteiger partial charge on any atom is 0.357 e. The van der Waals surface area contributed by atoms with E-state index in [0.717, 1.165) is 56.8 Å². The first-order chi connectivity index (χ1) is 12.7. The van der Waals surface area contributed by atoms with Crippen molar-refractivity contribution in [3.63, 3.8) is 0 Å². The fraction of sp³-hybridized carbons (Fsp3) is 0.632. The Balaban J connectivity index is 1.79. The van der Waals surface area contributed by atoms with Crippen molar-refractivity contribution in [2.75, 3.05) is 24.7 Å². The Kier molecular flexibility index (Phi) is 4.80. The number of anilines is 1. The normalized spacial score (nSPS) is 22.2. The van der Waals surface area contributed by atoms with Crippen molar-refractivity contribution in [3.8, 4) is 0 Å². The molecule has 2 saturated heterocycles. The van der Waals surface area contributed by atoms with Crippen LogP contribution in [0.1, 0.15) is 55.7 Å². The van der Waals surface area contributed by atoms with Crippen LogP contribution in [0, 0.1) is 0 Å². The van der Waals surface area contributed by atoms with E-state index in [1.807, 2.05) is 16.6 Å². The molecular weight excluding hydrogens is 332 g/mol. The van der Waals surface area contributed by atoms with E-state index < -0.39 is 0 Å². The number of aryl methyl sites for hydroxylation is 1. The van der Waals surface area contributed by atoms with Gasteiger partial charge in [0.05, 0.1) is 37.6 Å². The smallest absolute Gasteiger partial charge is 0.357 e. The Morgan fingerprint density at radius 3 is 2.73 bits per heavy atom. The second-order valence-corrected chi connectivity index (χ2v) is 7.06. The Labute approximate surface area is 153 Å². The minimum Gasteiger partial charge on any atom is -0.461 e. The molecule has 0 aromatic carbocycles. The molecule has 2 aromatic rings. The van der Waals surface area contributed by atoms with Crippen LogP contribution in [0.5, 0.6) is 0 Å². The highest BCUT2D eigenvalue weighted by Crippen LogP contribution is 2.34. The lowest BCUT2D eigenvalue weighted by atomic mass is 10.2. The second kappa shape index (κ2) is 7.23. The van der Waals surface area contributed by atoms with Gasteiger partial charge in [-0.25, -0.2) is 9.78 Å². The van der Waals surface area contributed by atoms with Gasteiger partial charge in [0.25, 0.3) is 0 Å². The molecule has 2 aliphatic rings. The Hall–Kier alpha value is -2.15. The van der Waals surface area contributed by atoms with Gasteiger partial charge in [0.1, 0.15) is 5.82 Å². The third-order valence-electron chi connectivity index (χ3n) is 5.23. The minimum atomic E-state index is -0.381. The summed E-state index contributed by atoms with van der Waals surface area (Å²) in [5.74, 6) is 0.546. The lowest BCUT2D eigenvalue weighted by Gasteiger charge is -2.36. The van der Waals surface area contributed by atoms with Crippen molar-refractivity contribution in [2.24, 2.45) is 0 Å². The average Bonchev–Trinajstić information content (AvgIpc) is 3.16. The summed E-state index contributed by atoms with van der Waals surface area (Å²) in [4.78, 5) is 19.2. The van der Waals surface area contributed by atoms with Gasteiger partial charge >= 0.3 is 5.97 Å². The maximum atomic E-state index is 12.3. The fourth-order valence-corrected chi connectivity index (χ4v) is 3.98. The van der Waals surface area contributed by atoms with E-state index >= 15 is 0 Å². The maximum absolute atomic E-state index is 12.3. The zero-order valence-corrected chi connectivity index (χ0v) is 15.5.